The van der Waals surface area contributed by atoms with Gasteiger partial charge < -0.3 is 10.2 Å². The molecule has 2 N–H and O–H groups in total. The maximum atomic E-state index is 9.51. The lowest BCUT2D eigenvalue weighted by Crippen LogP contribution is -2.12. The summed E-state index contributed by atoms with van der Waals surface area (Å²) in [5.74, 6) is 0.495. The summed E-state index contributed by atoms with van der Waals surface area (Å²) in [5.41, 5.74) is 3.65. The fourth-order valence-electron chi connectivity index (χ4n) is 2.22. The first-order valence-corrected chi connectivity index (χ1v) is 6.61. The van der Waals surface area contributed by atoms with E-state index in [1.807, 2.05) is 12.1 Å². The molecule has 100 valence electrons. The second-order valence-corrected chi connectivity index (χ2v) is 5.11. The van der Waals surface area contributed by atoms with E-state index in [0.717, 1.165) is 18.4 Å². The lowest BCUT2D eigenvalue weighted by molar-refractivity contribution is 0.225. The highest BCUT2D eigenvalue weighted by atomic mass is 16.3. The molecule has 0 aliphatic heterocycles. The van der Waals surface area contributed by atoms with Crippen LogP contribution in [0, 0.1) is 12.8 Å². The Hall–Kier alpha value is -1.80. The van der Waals surface area contributed by atoms with Crippen LogP contribution in [0.3, 0.4) is 0 Å². The molecule has 19 heavy (non-hydrogen) atoms. The van der Waals surface area contributed by atoms with Crippen molar-refractivity contribution in [2.24, 2.45) is 5.92 Å². The third-order valence-corrected chi connectivity index (χ3v) is 3.36. The molecule has 2 heteroatoms. The molecule has 0 aromatic heterocycles. The van der Waals surface area contributed by atoms with Gasteiger partial charge in [-0.25, -0.2) is 0 Å². The van der Waals surface area contributed by atoms with Crippen molar-refractivity contribution in [2.75, 3.05) is 6.61 Å². The highest BCUT2D eigenvalue weighted by Crippen LogP contribution is 2.17. The molecule has 2 aromatic rings. The number of benzene rings is 2. The van der Waals surface area contributed by atoms with Gasteiger partial charge in [0.25, 0.3) is 0 Å². The Kier molecular flexibility index (Phi) is 4.58. The van der Waals surface area contributed by atoms with Crippen molar-refractivity contribution < 1.29 is 10.2 Å². The Labute approximate surface area is 114 Å². The van der Waals surface area contributed by atoms with Crippen LogP contribution in [0.2, 0.25) is 0 Å². The fraction of sp³-hybridized carbons (Fsp3) is 0.294. The molecule has 0 radical (unpaired) electrons. The lowest BCUT2D eigenvalue weighted by atomic mass is 9.93. The SMILES string of the molecule is Cc1ccc(CC(CO)Cc2ccc(O)cc2)cc1. The predicted octanol–water partition coefficient (Wildman–Crippen LogP) is 3.09. The summed E-state index contributed by atoms with van der Waals surface area (Å²) in [4.78, 5) is 0. The van der Waals surface area contributed by atoms with Gasteiger partial charge in [-0.3, -0.25) is 0 Å². The Morgan fingerprint density at radius 1 is 0.842 bits per heavy atom. The summed E-state index contributed by atoms with van der Waals surface area (Å²) in [5, 5.41) is 18.8. The quantitative estimate of drug-likeness (QED) is 0.863. The van der Waals surface area contributed by atoms with E-state index in [4.69, 9.17) is 0 Å². The highest BCUT2D eigenvalue weighted by Gasteiger charge is 2.09. The van der Waals surface area contributed by atoms with Gasteiger partial charge in [-0.05, 0) is 48.9 Å². The first-order valence-electron chi connectivity index (χ1n) is 6.61. The maximum absolute atomic E-state index is 9.51. The molecule has 0 saturated heterocycles. The van der Waals surface area contributed by atoms with Crippen LogP contribution in [-0.2, 0) is 12.8 Å². The van der Waals surface area contributed by atoms with Gasteiger partial charge in [0, 0.05) is 6.61 Å². The minimum Gasteiger partial charge on any atom is -0.508 e. The molecular weight excluding hydrogens is 236 g/mol. The molecule has 2 rings (SSSR count). The Morgan fingerprint density at radius 3 is 1.79 bits per heavy atom. The van der Waals surface area contributed by atoms with Crippen LogP contribution in [0.25, 0.3) is 0 Å². The molecule has 0 saturated carbocycles. The van der Waals surface area contributed by atoms with E-state index in [1.54, 1.807) is 12.1 Å². The molecule has 0 fully saturated rings. The third-order valence-electron chi connectivity index (χ3n) is 3.36. The smallest absolute Gasteiger partial charge is 0.115 e. The number of hydrogen-bond acceptors (Lipinski definition) is 2. The standard InChI is InChI=1S/C17H20O2/c1-13-2-4-14(5-3-13)10-16(12-18)11-15-6-8-17(19)9-7-15/h2-9,16,18-19H,10-12H2,1H3. The van der Waals surface area contributed by atoms with Gasteiger partial charge in [-0.2, -0.15) is 0 Å². The number of aliphatic hydroxyl groups excluding tert-OH is 1. The zero-order valence-corrected chi connectivity index (χ0v) is 11.2. The van der Waals surface area contributed by atoms with Crippen LogP contribution in [0.1, 0.15) is 16.7 Å². The van der Waals surface area contributed by atoms with Gasteiger partial charge in [-0.1, -0.05) is 42.0 Å². The van der Waals surface area contributed by atoms with Gasteiger partial charge in [0.15, 0.2) is 0 Å². The number of aliphatic hydroxyl groups is 1. The Bertz CT molecular complexity index is 452. The monoisotopic (exact) mass is 256 g/mol. The van der Waals surface area contributed by atoms with E-state index in [1.165, 1.54) is 11.1 Å². The van der Waals surface area contributed by atoms with Gasteiger partial charge in [0.05, 0.1) is 0 Å². The van der Waals surface area contributed by atoms with Crippen molar-refractivity contribution in [3.05, 3.63) is 65.2 Å². The highest BCUT2D eigenvalue weighted by molar-refractivity contribution is 5.27. The third kappa shape index (κ3) is 4.11. The van der Waals surface area contributed by atoms with Gasteiger partial charge in [0.1, 0.15) is 5.75 Å². The number of aryl methyl sites for hydroxylation is 1. The van der Waals surface area contributed by atoms with Crippen LogP contribution < -0.4 is 0 Å². The first-order chi connectivity index (χ1) is 9.17. The van der Waals surface area contributed by atoms with E-state index in [9.17, 15) is 10.2 Å². The number of aromatic hydroxyl groups is 1. The van der Waals surface area contributed by atoms with Crippen molar-refractivity contribution in [3.63, 3.8) is 0 Å². The summed E-state index contributed by atoms with van der Waals surface area (Å²) in [6, 6.07) is 15.6. The molecule has 0 aliphatic carbocycles. The van der Waals surface area contributed by atoms with Crippen LogP contribution in [0.5, 0.6) is 5.75 Å². The van der Waals surface area contributed by atoms with E-state index in [-0.39, 0.29) is 18.3 Å². The number of rotatable bonds is 5. The molecule has 0 spiro atoms. The second-order valence-electron chi connectivity index (χ2n) is 5.11. The van der Waals surface area contributed by atoms with Crippen molar-refractivity contribution in [1.82, 2.24) is 0 Å². The zero-order valence-electron chi connectivity index (χ0n) is 11.2. The molecule has 0 bridgehead atoms. The topological polar surface area (TPSA) is 40.5 Å². The van der Waals surface area contributed by atoms with Crippen molar-refractivity contribution in [2.45, 2.75) is 19.8 Å². The minimum absolute atomic E-state index is 0.175. The van der Waals surface area contributed by atoms with Gasteiger partial charge in [0.2, 0.25) is 0 Å². The summed E-state index contributed by atoms with van der Waals surface area (Å²) >= 11 is 0. The summed E-state index contributed by atoms with van der Waals surface area (Å²) in [7, 11) is 0. The van der Waals surface area contributed by atoms with E-state index in [2.05, 4.69) is 31.2 Å². The lowest BCUT2D eigenvalue weighted by Gasteiger charge is -2.14. The maximum Gasteiger partial charge on any atom is 0.115 e. The second kappa shape index (κ2) is 6.39. The minimum atomic E-state index is 0.175. The van der Waals surface area contributed by atoms with Crippen molar-refractivity contribution >= 4 is 0 Å². The number of hydrogen-bond donors (Lipinski definition) is 2. The molecular formula is C17H20O2. The largest absolute Gasteiger partial charge is 0.508 e. The van der Waals surface area contributed by atoms with E-state index in [0.29, 0.717) is 0 Å². The Balaban J connectivity index is 2.00. The average molecular weight is 256 g/mol. The fourth-order valence-corrected chi connectivity index (χ4v) is 2.22. The normalized spacial score (nSPS) is 12.3. The van der Waals surface area contributed by atoms with Crippen LogP contribution in [-0.4, -0.2) is 16.8 Å². The zero-order chi connectivity index (χ0) is 13.7. The number of phenolic OH excluding ortho intramolecular Hbond substituents is 1. The van der Waals surface area contributed by atoms with Crippen LogP contribution >= 0.6 is 0 Å². The molecule has 0 aliphatic rings. The van der Waals surface area contributed by atoms with Crippen LogP contribution in [0.4, 0.5) is 0 Å². The van der Waals surface area contributed by atoms with Crippen molar-refractivity contribution in [1.29, 1.82) is 0 Å². The predicted molar refractivity (Wildman–Crippen MR) is 77.3 cm³/mol. The average Bonchev–Trinajstić information content (AvgIpc) is 2.43. The van der Waals surface area contributed by atoms with E-state index < -0.39 is 0 Å². The summed E-state index contributed by atoms with van der Waals surface area (Å²) < 4.78 is 0. The van der Waals surface area contributed by atoms with Gasteiger partial charge >= 0.3 is 0 Å². The Morgan fingerprint density at radius 2 is 1.32 bits per heavy atom. The molecule has 2 aromatic carbocycles. The van der Waals surface area contributed by atoms with E-state index >= 15 is 0 Å². The summed E-state index contributed by atoms with van der Waals surface area (Å²) in [6.45, 7) is 2.25. The number of phenols is 1. The van der Waals surface area contributed by atoms with Crippen LogP contribution in [0.15, 0.2) is 48.5 Å². The van der Waals surface area contributed by atoms with Gasteiger partial charge in [-0.15, -0.1) is 0 Å². The molecule has 2 nitrogen and oxygen atoms in total. The molecule has 1 atom stereocenters. The molecule has 0 heterocycles. The first kappa shape index (κ1) is 13.6. The molecule has 1 unspecified atom stereocenters. The van der Waals surface area contributed by atoms with Crippen molar-refractivity contribution in [3.8, 4) is 5.75 Å². The summed E-state index contributed by atoms with van der Waals surface area (Å²) in [6.07, 6.45) is 1.70. The molecule has 0 amide bonds.